The lowest BCUT2D eigenvalue weighted by Gasteiger charge is -2.08. The van der Waals surface area contributed by atoms with Crippen molar-refractivity contribution in [1.82, 2.24) is 9.97 Å². The third-order valence-electron chi connectivity index (χ3n) is 4.26. The largest absolute Gasteiger partial charge is 0.489 e. The molecule has 138 valence electrons. The smallest absolute Gasteiger partial charge is 0.221 e. The number of rotatable bonds is 6. The van der Waals surface area contributed by atoms with Crippen LogP contribution in [0.1, 0.15) is 21.7 Å². The average Bonchev–Trinajstić information content (AvgIpc) is 3.16. The van der Waals surface area contributed by atoms with Gasteiger partial charge in [0, 0.05) is 10.6 Å². The minimum Gasteiger partial charge on any atom is -0.489 e. The maximum absolute atomic E-state index is 12.4. The Bertz CT molecular complexity index is 1130. The molecule has 0 saturated carbocycles. The van der Waals surface area contributed by atoms with Crippen LogP contribution in [0.3, 0.4) is 0 Å². The molecule has 0 fully saturated rings. The first kappa shape index (κ1) is 18.0. The molecule has 0 amide bonds. The van der Waals surface area contributed by atoms with E-state index in [9.17, 15) is 4.79 Å². The van der Waals surface area contributed by atoms with E-state index >= 15 is 0 Å². The molecule has 5 heteroatoms. The van der Waals surface area contributed by atoms with E-state index in [-0.39, 0.29) is 5.78 Å². The number of fused-ring (bicyclic) bond motifs is 1. The van der Waals surface area contributed by atoms with Crippen molar-refractivity contribution in [2.45, 2.75) is 6.61 Å². The maximum Gasteiger partial charge on any atom is 0.221 e. The van der Waals surface area contributed by atoms with Crippen LogP contribution in [0.15, 0.2) is 78.9 Å². The number of H-pyrrole nitrogens is 1. The molecule has 3 aromatic carbocycles. The fourth-order valence-corrected chi connectivity index (χ4v) is 3.00. The molecule has 0 aliphatic heterocycles. The van der Waals surface area contributed by atoms with Gasteiger partial charge in [0.15, 0.2) is 5.82 Å². The first-order valence-electron chi connectivity index (χ1n) is 8.82. The fourth-order valence-electron chi connectivity index (χ4n) is 2.80. The molecule has 0 aliphatic carbocycles. The van der Waals surface area contributed by atoms with Crippen molar-refractivity contribution in [3.63, 3.8) is 0 Å². The van der Waals surface area contributed by atoms with Crippen LogP contribution in [0.2, 0.25) is 5.02 Å². The van der Waals surface area contributed by atoms with Crippen molar-refractivity contribution in [1.29, 1.82) is 0 Å². The number of carbonyl (C=O) groups is 1. The molecule has 0 unspecified atom stereocenters. The second-order valence-electron chi connectivity index (χ2n) is 6.25. The van der Waals surface area contributed by atoms with Crippen molar-refractivity contribution in [2.24, 2.45) is 0 Å². The van der Waals surface area contributed by atoms with Gasteiger partial charge in [-0.15, -0.1) is 0 Å². The van der Waals surface area contributed by atoms with Crippen LogP contribution in [0, 0.1) is 0 Å². The highest BCUT2D eigenvalue weighted by atomic mass is 35.5. The van der Waals surface area contributed by atoms with E-state index in [1.54, 1.807) is 6.08 Å². The van der Waals surface area contributed by atoms with Crippen molar-refractivity contribution < 1.29 is 9.53 Å². The predicted octanol–water partition coefficient (Wildman–Crippen LogP) is 5.69. The SMILES string of the molecule is O=C(/C=C/c1cccc(OCc2ccccc2Cl)c1)c1nc2ccccc2[nH]1. The van der Waals surface area contributed by atoms with Crippen LogP contribution >= 0.6 is 11.6 Å². The average molecular weight is 389 g/mol. The van der Waals surface area contributed by atoms with Gasteiger partial charge in [-0.1, -0.05) is 60.1 Å². The number of ether oxygens (including phenoxy) is 1. The fraction of sp³-hybridized carbons (Fsp3) is 0.0435. The first-order valence-corrected chi connectivity index (χ1v) is 9.20. The number of carbonyl (C=O) groups excluding carboxylic acids is 1. The molecule has 1 heterocycles. The van der Waals surface area contributed by atoms with Gasteiger partial charge in [0.05, 0.1) is 11.0 Å². The zero-order valence-electron chi connectivity index (χ0n) is 14.9. The third-order valence-corrected chi connectivity index (χ3v) is 4.63. The predicted molar refractivity (Wildman–Crippen MR) is 112 cm³/mol. The lowest BCUT2D eigenvalue weighted by Crippen LogP contribution is -1.97. The van der Waals surface area contributed by atoms with Crippen LogP contribution in [-0.2, 0) is 6.61 Å². The van der Waals surface area contributed by atoms with E-state index in [1.807, 2.05) is 72.8 Å². The number of aromatic amines is 1. The molecule has 1 aromatic heterocycles. The highest BCUT2D eigenvalue weighted by molar-refractivity contribution is 6.31. The van der Waals surface area contributed by atoms with Crippen molar-refractivity contribution in [3.05, 3.63) is 101 Å². The molecular formula is C23H17ClN2O2. The highest BCUT2D eigenvalue weighted by Gasteiger charge is 2.08. The number of hydrogen-bond acceptors (Lipinski definition) is 3. The summed E-state index contributed by atoms with van der Waals surface area (Å²) in [7, 11) is 0. The number of aromatic nitrogens is 2. The van der Waals surface area contributed by atoms with Gasteiger partial charge in [0.1, 0.15) is 12.4 Å². The summed E-state index contributed by atoms with van der Waals surface area (Å²) in [5.41, 5.74) is 3.40. The number of imidazole rings is 1. The van der Waals surface area contributed by atoms with Gasteiger partial charge in [-0.2, -0.15) is 0 Å². The molecule has 1 N–H and O–H groups in total. The van der Waals surface area contributed by atoms with Gasteiger partial charge in [-0.25, -0.2) is 4.98 Å². The number of para-hydroxylation sites is 2. The standard InChI is InChI=1S/C23H17ClN2O2/c24-19-9-2-1-7-17(19)15-28-18-8-5-6-16(14-18)12-13-22(27)23-25-20-10-3-4-11-21(20)26-23/h1-14H,15H2,(H,25,26)/b13-12+. The Labute approximate surface area is 167 Å². The van der Waals surface area contributed by atoms with E-state index in [0.29, 0.717) is 23.2 Å². The molecule has 0 spiro atoms. The number of benzene rings is 3. The Morgan fingerprint density at radius 3 is 2.71 bits per heavy atom. The maximum atomic E-state index is 12.4. The summed E-state index contributed by atoms with van der Waals surface area (Å²) in [5, 5.41) is 0.676. The lowest BCUT2D eigenvalue weighted by atomic mass is 10.2. The second kappa shape index (κ2) is 8.11. The van der Waals surface area contributed by atoms with Crippen LogP contribution in [0.4, 0.5) is 0 Å². The second-order valence-corrected chi connectivity index (χ2v) is 6.66. The normalized spacial score (nSPS) is 11.2. The topological polar surface area (TPSA) is 55.0 Å². The molecule has 28 heavy (non-hydrogen) atoms. The quantitative estimate of drug-likeness (QED) is 0.341. The van der Waals surface area contributed by atoms with Gasteiger partial charge >= 0.3 is 0 Å². The first-order chi connectivity index (χ1) is 13.7. The van der Waals surface area contributed by atoms with E-state index in [1.165, 1.54) is 6.08 Å². The zero-order valence-corrected chi connectivity index (χ0v) is 15.7. The van der Waals surface area contributed by atoms with E-state index in [2.05, 4.69) is 9.97 Å². The number of allylic oxidation sites excluding steroid dienone is 1. The summed E-state index contributed by atoms with van der Waals surface area (Å²) in [5.74, 6) is 0.848. The number of nitrogens with zero attached hydrogens (tertiary/aromatic N) is 1. The van der Waals surface area contributed by atoms with Crippen LogP contribution in [0.5, 0.6) is 5.75 Å². The molecule has 4 nitrogen and oxygen atoms in total. The van der Waals surface area contributed by atoms with Crippen LogP contribution in [0.25, 0.3) is 17.1 Å². The van der Waals surface area contributed by atoms with Gasteiger partial charge < -0.3 is 9.72 Å². The van der Waals surface area contributed by atoms with Gasteiger partial charge in [0.25, 0.3) is 0 Å². The van der Waals surface area contributed by atoms with Gasteiger partial charge in [-0.05, 0) is 42.0 Å². The number of hydrogen-bond donors (Lipinski definition) is 1. The zero-order chi connectivity index (χ0) is 19.3. The Kier molecular flexibility index (Phi) is 5.22. The van der Waals surface area contributed by atoms with Crippen molar-refractivity contribution >= 4 is 34.5 Å². The molecule has 0 atom stereocenters. The van der Waals surface area contributed by atoms with E-state index < -0.39 is 0 Å². The number of nitrogens with one attached hydrogen (secondary N) is 1. The van der Waals surface area contributed by atoms with Crippen molar-refractivity contribution in [2.75, 3.05) is 0 Å². The Hall–Kier alpha value is -3.37. The third kappa shape index (κ3) is 4.13. The summed E-state index contributed by atoms with van der Waals surface area (Å²) in [4.78, 5) is 19.8. The van der Waals surface area contributed by atoms with Crippen molar-refractivity contribution in [3.8, 4) is 5.75 Å². The van der Waals surface area contributed by atoms with Gasteiger partial charge in [0.2, 0.25) is 5.78 Å². The molecular weight excluding hydrogens is 372 g/mol. The summed E-state index contributed by atoms with van der Waals surface area (Å²) in [6, 6.07) is 22.7. The monoisotopic (exact) mass is 388 g/mol. The van der Waals surface area contributed by atoms with Gasteiger partial charge in [-0.3, -0.25) is 4.79 Å². The van der Waals surface area contributed by atoms with E-state index in [4.69, 9.17) is 16.3 Å². The van der Waals surface area contributed by atoms with Crippen LogP contribution < -0.4 is 4.74 Å². The summed E-state index contributed by atoms with van der Waals surface area (Å²) in [6.07, 6.45) is 3.25. The molecule has 0 saturated heterocycles. The molecule has 4 rings (SSSR count). The van der Waals surface area contributed by atoms with Crippen LogP contribution in [-0.4, -0.2) is 15.8 Å². The molecule has 0 aliphatic rings. The Balaban J connectivity index is 1.45. The molecule has 4 aromatic rings. The summed E-state index contributed by atoms with van der Waals surface area (Å²) in [6.45, 7) is 0.380. The number of halogens is 1. The summed E-state index contributed by atoms with van der Waals surface area (Å²) >= 11 is 6.16. The molecule has 0 radical (unpaired) electrons. The highest BCUT2D eigenvalue weighted by Crippen LogP contribution is 2.20. The summed E-state index contributed by atoms with van der Waals surface area (Å²) < 4.78 is 5.82. The minimum atomic E-state index is -0.182. The lowest BCUT2D eigenvalue weighted by molar-refractivity contribution is 0.103. The minimum absolute atomic E-state index is 0.182. The van der Waals surface area contributed by atoms with E-state index in [0.717, 1.165) is 22.2 Å². The Morgan fingerprint density at radius 1 is 1.04 bits per heavy atom. The Morgan fingerprint density at radius 2 is 1.86 bits per heavy atom. The number of ketones is 1. The molecule has 0 bridgehead atoms.